The van der Waals surface area contributed by atoms with Crippen molar-refractivity contribution in [3.05, 3.63) is 65.4 Å². The van der Waals surface area contributed by atoms with Crippen LogP contribution < -0.4 is 4.72 Å². The number of carboxylic acid groups (broad SMARTS) is 1. The molecule has 11 heteroatoms. The number of likely N-dealkylation sites (tertiary alicyclic amines) is 1. The van der Waals surface area contributed by atoms with Crippen LogP contribution in [0.4, 0.5) is 4.79 Å². The number of amides is 2. The Morgan fingerprint density at radius 1 is 1.12 bits per heavy atom. The minimum absolute atomic E-state index is 0.101. The zero-order valence-electron chi connectivity index (χ0n) is 23.7. The Kier molecular flexibility index (Phi) is 7.86. The Morgan fingerprint density at radius 2 is 1.80 bits per heavy atom. The van der Waals surface area contributed by atoms with E-state index in [9.17, 15) is 23.1 Å². The van der Waals surface area contributed by atoms with Crippen LogP contribution in [0.3, 0.4) is 0 Å². The summed E-state index contributed by atoms with van der Waals surface area (Å²) >= 11 is 6.03. The molecule has 3 heterocycles. The lowest BCUT2D eigenvalue weighted by atomic mass is 9.79. The van der Waals surface area contributed by atoms with Crippen LogP contribution in [0.5, 0.6) is 0 Å². The average molecular weight is 601 g/mol. The number of piperidine rings is 1. The molecule has 0 radical (unpaired) electrons. The molecular formula is C30H37ClN4O5S. The zero-order chi connectivity index (χ0) is 29.7. The van der Waals surface area contributed by atoms with Crippen LogP contribution in [0.25, 0.3) is 10.9 Å². The Balaban J connectivity index is 1.43. The zero-order valence-corrected chi connectivity index (χ0v) is 25.3. The Labute approximate surface area is 245 Å². The summed E-state index contributed by atoms with van der Waals surface area (Å²) in [7, 11) is -3.87. The molecule has 2 aliphatic heterocycles. The lowest BCUT2D eigenvalue weighted by molar-refractivity contribution is -0.133. The van der Waals surface area contributed by atoms with Crippen LogP contribution in [0.15, 0.2) is 53.4 Å². The summed E-state index contributed by atoms with van der Waals surface area (Å²) in [5, 5.41) is 10.8. The molecule has 1 aromatic heterocycles. The number of alkyl halides is 1. The van der Waals surface area contributed by atoms with E-state index in [1.165, 1.54) is 4.90 Å². The fourth-order valence-corrected chi connectivity index (χ4v) is 7.91. The first kappa shape index (κ1) is 29.4. The lowest BCUT2D eigenvalue weighted by Gasteiger charge is -2.44. The molecule has 220 valence electrons. The van der Waals surface area contributed by atoms with Gasteiger partial charge in [0.25, 0.3) is 0 Å². The summed E-state index contributed by atoms with van der Waals surface area (Å²) in [5.41, 5.74) is 3.49. The van der Waals surface area contributed by atoms with Gasteiger partial charge in [-0.2, -0.15) is 0 Å². The number of nitrogens with zero attached hydrogens (tertiary/aromatic N) is 2. The number of benzene rings is 2. The number of carbonyl (C=O) groups excluding carboxylic acids is 1. The number of aromatic nitrogens is 1. The van der Waals surface area contributed by atoms with Gasteiger partial charge in [-0.3, -0.25) is 4.79 Å². The van der Waals surface area contributed by atoms with Crippen molar-refractivity contribution in [3.63, 3.8) is 0 Å². The molecule has 5 rings (SSSR count). The number of H-pyrrole nitrogens is 1. The molecular weight excluding hydrogens is 564 g/mol. The van der Waals surface area contributed by atoms with Gasteiger partial charge in [-0.25, -0.2) is 17.9 Å². The van der Waals surface area contributed by atoms with E-state index >= 15 is 0 Å². The van der Waals surface area contributed by atoms with Gasteiger partial charge in [-0.15, -0.1) is 11.6 Å². The molecule has 9 nitrogen and oxygen atoms in total. The van der Waals surface area contributed by atoms with Crippen LogP contribution in [0.2, 0.25) is 0 Å². The van der Waals surface area contributed by atoms with Gasteiger partial charge in [-0.1, -0.05) is 51.1 Å². The molecule has 4 atom stereocenters. The normalized spacial score (nSPS) is 23.4. The molecule has 2 aromatic carbocycles. The largest absolute Gasteiger partial charge is 0.465 e. The summed E-state index contributed by atoms with van der Waals surface area (Å²) in [5.74, 6) is -0.337. The number of hydrogen-bond acceptors (Lipinski definition) is 4. The summed E-state index contributed by atoms with van der Waals surface area (Å²) in [6.07, 6.45) is 0.490. The molecule has 1 saturated heterocycles. The van der Waals surface area contributed by atoms with E-state index in [1.807, 2.05) is 45.9 Å². The molecule has 3 aromatic rings. The molecule has 2 aliphatic rings. The molecule has 0 saturated carbocycles. The number of hydrogen-bond donors (Lipinski definition) is 3. The lowest BCUT2D eigenvalue weighted by Crippen LogP contribution is -2.55. The van der Waals surface area contributed by atoms with Gasteiger partial charge in [0.15, 0.2) is 0 Å². The second-order valence-corrected chi connectivity index (χ2v) is 14.2. The number of para-hydroxylation sites is 1. The van der Waals surface area contributed by atoms with Crippen molar-refractivity contribution < 1.29 is 23.1 Å². The first-order valence-electron chi connectivity index (χ1n) is 13.9. The van der Waals surface area contributed by atoms with E-state index in [1.54, 1.807) is 29.2 Å². The standard InChI is InChI=1S/C30H37ClN4O5S/c1-18-15-23-22-7-5-6-8-24(22)32-27(23)28(35(18)26(36)17-31)19-9-11-21(12-10-19)41(39,40)33-20-13-14-34(29(37)38)25(16-20)30(2,3)4/h5-12,18,20,25,28,32-33H,13-17H2,1-4H3,(H,37,38)/t18-,20?,25?,28-/m0/s1. The predicted octanol–water partition coefficient (Wildman–Crippen LogP) is 5.10. The van der Waals surface area contributed by atoms with Crippen molar-refractivity contribution in [3.8, 4) is 0 Å². The number of nitrogens with one attached hydrogen (secondary N) is 2. The van der Waals surface area contributed by atoms with E-state index < -0.39 is 22.2 Å². The smallest absolute Gasteiger partial charge is 0.407 e. The maximum Gasteiger partial charge on any atom is 0.407 e. The van der Waals surface area contributed by atoms with Gasteiger partial charge in [0.05, 0.1) is 10.9 Å². The van der Waals surface area contributed by atoms with E-state index in [0.717, 1.165) is 27.7 Å². The highest BCUT2D eigenvalue weighted by molar-refractivity contribution is 7.89. The first-order chi connectivity index (χ1) is 19.3. The Morgan fingerprint density at radius 3 is 2.44 bits per heavy atom. The van der Waals surface area contributed by atoms with Gasteiger partial charge in [0, 0.05) is 41.3 Å². The van der Waals surface area contributed by atoms with Crippen molar-refractivity contribution >= 4 is 44.5 Å². The van der Waals surface area contributed by atoms with Crippen LogP contribution in [-0.2, 0) is 21.2 Å². The number of fused-ring (bicyclic) bond motifs is 3. The number of halogens is 1. The third-order valence-corrected chi connectivity index (χ3v) is 10.2. The first-order valence-corrected chi connectivity index (χ1v) is 15.9. The van der Waals surface area contributed by atoms with E-state index in [4.69, 9.17) is 11.6 Å². The van der Waals surface area contributed by atoms with Crippen LogP contribution in [-0.4, -0.2) is 70.9 Å². The summed E-state index contributed by atoms with van der Waals surface area (Å²) < 4.78 is 29.6. The van der Waals surface area contributed by atoms with Gasteiger partial charge in [0.1, 0.15) is 5.88 Å². The molecule has 3 N–H and O–H groups in total. The molecule has 2 unspecified atom stereocenters. The molecule has 0 spiro atoms. The Hall–Kier alpha value is -3.08. The van der Waals surface area contributed by atoms with Gasteiger partial charge in [0.2, 0.25) is 15.9 Å². The van der Waals surface area contributed by atoms with Gasteiger partial charge in [-0.05, 0) is 60.9 Å². The fraction of sp³-hybridized carbons (Fsp3) is 0.467. The number of sulfonamides is 1. The van der Waals surface area contributed by atoms with Crippen molar-refractivity contribution in [1.82, 2.24) is 19.5 Å². The van der Waals surface area contributed by atoms with Crippen molar-refractivity contribution in [2.45, 2.75) is 76.0 Å². The van der Waals surface area contributed by atoms with Crippen LogP contribution in [0, 0.1) is 5.41 Å². The average Bonchev–Trinajstić information content (AvgIpc) is 3.29. The topological polar surface area (TPSA) is 123 Å². The quantitative estimate of drug-likeness (QED) is 0.352. The van der Waals surface area contributed by atoms with E-state index in [0.29, 0.717) is 19.3 Å². The third kappa shape index (κ3) is 5.57. The highest BCUT2D eigenvalue weighted by atomic mass is 35.5. The summed E-state index contributed by atoms with van der Waals surface area (Å²) in [4.78, 5) is 31.6. The van der Waals surface area contributed by atoms with Crippen molar-refractivity contribution in [2.75, 3.05) is 12.4 Å². The molecule has 2 amide bonds. The minimum Gasteiger partial charge on any atom is -0.465 e. The maximum absolute atomic E-state index is 13.4. The number of carbonyl (C=O) groups is 2. The Bertz CT molecular complexity index is 1560. The summed E-state index contributed by atoms with van der Waals surface area (Å²) in [6.45, 7) is 8.16. The monoisotopic (exact) mass is 600 g/mol. The minimum atomic E-state index is -3.87. The third-order valence-electron chi connectivity index (χ3n) is 8.45. The van der Waals surface area contributed by atoms with Crippen LogP contribution in [0.1, 0.15) is 63.4 Å². The van der Waals surface area contributed by atoms with Crippen molar-refractivity contribution in [2.24, 2.45) is 5.41 Å². The van der Waals surface area contributed by atoms with Gasteiger partial charge >= 0.3 is 6.09 Å². The maximum atomic E-state index is 13.4. The number of aromatic amines is 1. The molecule has 1 fully saturated rings. The molecule has 41 heavy (non-hydrogen) atoms. The van der Waals surface area contributed by atoms with E-state index in [-0.39, 0.29) is 46.8 Å². The van der Waals surface area contributed by atoms with Crippen LogP contribution >= 0.6 is 11.6 Å². The highest BCUT2D eigenvalue weighted by Gasteiger charge is 2.41. The highest BCUT2D eigenvalue weighted by Crippen LogP contribution is 2.41. The molecule has 0 bridgehead atoms. The summed E-state index contributed by atoms with van der Waals surface area (Å²) in [6, 6.07) is 13.4. The van der Waals surface area contributed by atoms with Crippen molar-refractivity contribution in [1.29, 1.82) is 0 Å². The van der Waals surface area contributed by atoms with E-state index in [2.05, 4.69) is 15.8 Å². The molecule has 0 aliphatic carbocycles. The SMILES string of the molecule is C[C@H]1Cc2c([nH]c3ccccc23)[C@H](c2ccc(S(=O)(=O)NC3CCN(C(=O)O)C(C(C)(C)C)C3)cc2)N1C(=O)CCl. The predicted molar refractivity (Wildman–Crippen MR) is 159 cm³/mol. The fourth-order valence-electron chi connectivity index (χ4n) is 6.49. The second kappa shape index (κ2) is 11.0. The second-order valence-electron chi connectivity index (χ2n) is 12.2. The number of rotatable bonds is 5. The van der Waals surface area contributed by atoms with Gasteiger partial charge < -0.3 is 19.9 Å².